The Bertz CT molecular complexity index is 6180. The van der Waals surface area contributed by atoms with Crippen LogP contribution in [0.3, 0.4) is 0 Å². The molecule has 0 aliphatic heterocycles. The van der Waals surface area contributed by atoms with Crippen LogP contribution in [0.4, 0.5) is 0 Å². The molecule has 0 N–H and O–H groups in total. The number of para-hydroxylation sites is 3. The molecule has 0 atom stereocenters. The van der Waals surface area contributed by atoms with Gasteiger partial charge in [0.2, 0.25) is 0 Å². The van der Waals surface area contributed by atoms with E-state index in [2.05, 4.69) is 189 Å². The lowest BCUT2D eigenvalue weighted by atomic mass is 9.96. The van der Waals surface area contributed by atoms with Crippen LogP contribution in [0, 0.1) is 0 Å². The number of hydrogen-bond donors (Lipinski definition) is 0. The van der Waals surface area contributed by atoms with Crippen molar-refractivity contribution >= 4 is 81.6 Å². The summed E-state index contributed by atoms with van der Waals surface area (Å²) in [7, 11) is 0. The highest BCUT2D eigenvalue weighted by Crippen LogP contribution is 2.44. The molecule has 0 saturated carbocycles. The summed E-state index contributed by atoms with van der Waals surface area (Å²) in [6, 6.07) is 117. The van der Waals surface area contributed by atoms with Gasteiger partial charge in [0.15, 0.2) is 34.9 Å². The summed E-state index contributed by atoms with van der Waals surface area (Å²) in [6.45, 7) is 0. The molecule has 1 aliphatic carbocycles. The third kappa shape index (κ3) is 11.6. The first-order chi connectivity index (χ1) is 50.0. The van der Waals surface area contributed by atoms with Gasteiger partial charge in [0.25, 0.3) is 0 Å². The van der Waals surface area contributed by atoms with Crippen LogP contribution >= 0.6 is 15.9 Å². The average molecular weight is 1360 g/mol. The van der Waals surface area contributed by atoms with Gasteiger partial charge in [-0.2, -0.15) is 0 Å². The van der Waals surface area contributed by atoms with Crippen LogP contribution in [-0.2, 0) is 6.42 Å². The maximum absolute atomic E-state index is 6.24. The molecule has 20 rings (SSSR count). The number of hydrogen-bond acceptors (Lipinski definition) is 8. The van der Waals surface area contributed by atoms with Crippen molar-refractivity contribution in [3.63, 3.8) is 0 Å². The van der Waals surface area contributed by atoms with Crippen LogP contribution in [0.1, 0.15) is 11.1 Å². The van der Waals surface area contributed by atoms with Crippen molar-refractivity contribution in [1.29, 1.82) is 0 Å². The molecule has 0 spiro atoms. The summed E-state index contributed by atoms with van der Waals surface area (Å²) in [5, 5.41) is 7.06. The molecule has 9 nitrogen and oxygen atoms in total. The fourth-order valence-corrected chi connectivity index (χ4v) is 14.3. The van der Waals surface area contributed by atoms with Crippen LogP contribution in [0.5, 0.6) is 0 Å². The summed E-state index contributed by atoms with van der Waals surface area (Å²) in [5.74, 6) is 3.94. The molecular formula is C91H58BrN7O2. The molecule has 10 heteroatoms. The van der Waals surface area contributed by atoms with Gasteiger partial charge in [-0.25, -0.2) is 29.9 Å². The van der Waals surface area contributed by atoms with Gasteiger partial charge in [0, 0.05) is 75.9 Å². The first-order valence-corrected chi connectivity index (χ1v) is 34.4. The summed E-state index contributed by atoms with van der Waals surface area (Å²) in [4.78, 5) is 28.8. The molecule has 0 fully saturated rings. The van der Waals surface area contributed by atoms with E-state index in [1.54, 1.807) is 0 Å². The number of benzene rings is 14. The minimum atomic E-state index is 0.634. The van der Waals surface area contributed by atoms with Crippen molar-refractivity contribution in [2.75, 3.05) is 0 Å². The Morgan fingerprint density at radius 2 is 0.604 bits per heavy atom. The Kier molecular flexibility index (Phi) is 15.6. The maximum Gasteiger partial charge on any atom is 0.164 e. The van der Waals surface area contributed by atoms with Gasteiger partial charge in [0.1, 0.15) is 22.3 Å². The van der Waals surface area contributed by atoms with Crippen LogP contribution in [-0.4, -0.2) is 34.5 Å². The van der Waals surface area contributed by atoms with E-state index in [9.17, 15) is 0 Å². The van der Waals surface area contributed by atoms with Crippen LogP contribution in [0.25, 0.3) is 173 Å². The van der Waals surface area contributed by atoms with Gasteiger partial charge in [0.05, 0.1) is 11.0 Å². The van der Waals surface area contributed by atoms with Crippen molar-refractivity contribution in [2.45, 2.75) is 6.42 Å². The van der Waals surface area contributed by atoms with E-state index in [1.165, 1.54) is 54.9 Å². The van der Waals surface area contributed by atoms with Gasteiger partial charge < -0.3 is 13.4 Å². The second kappa shape index (κ2) is 26.1. The number of nitrogens with zero attached hydrogens (tertiary/aromatic N) is 7. The first-order valence-electron chi connectivity index (χ1n) is 33.6. The highest BCUT2D eigenvalue weighted by Gasteiger charge is 2.22. The number of aromatic nitrogens is 7. The van der Waals surface area contributed by atoms with Crippen LogP contribution in [0.15, 0.2) is 353 Å². The molecule has 14 aromatic carbocycles. The third-order valence-electron chi connectivity index (χ3n) is 18.8. The van der Waals surface area contributed by atoms with Crippen molar-refractivity contribution < 1.29 is 8.83 Å². The van der Waals surface area contributed by atoms with Crippen LogP contribution < -0.4 is 0 Å². The number of fused-ring (bicyclic) bond motifs is 12. The van der Waals surface area contributed by atoms with Gasteiger partial charge >= 0.3 is 0 Å². The summed E-state index contributed by atoms with van der Waals surface area (Å²) >= 11 is 3.47. The van der Waals surface area contributed by atoms with E-state index >= 15 is 0 Å². The summed E-state index contributed by atoms with van der Waals surface area (Å²) in [5.41, 5.74) is 23.1. The Labute approximate surface area is 590 Å². The Morgan fingerprint density at radius 1 is 0.248 bits per heavy atom. The lowest BCUT2D eigenvalue weighted by Gasteiger charge is -2.11. The highest BCUT2D eigenvalue weighted by atomic mass is 79.9. The summed E-state index contributed by atoms with van der Waals surface area (Å²) in [6.07, 6.45) is 1.02. The normalized spacial score (nSPS) is 11.6. The number of furan rings is 2. The molecule has 0 saturated heterocycles. The standard InChI is InChI=1S/C45H28N4O.C25H16O.C21H14BrN3/c1-3-12-29(13-4-1)43-46-44(30-14-5-2-6-15-30)48-45(47-43)31-22-25-33(26-23-31)49-38-19-9-7-16-35(38)36-27-24-32(28-39(36)49)34-18-11-21-41-42(34)37-17-8-10-20-40(37)50-41;1-2-7-19-16(6-1)14-18-15-17(12-13-20(18)19)21-9-5-11-24-25(21)22-8-3-4-10-23(22)26-24;22-18-13-11-17(12-14-18)21-24-19(15-7-3-1-4-8-15)23-20(25-21)16-9-5-2-6-10-16/h1-28H;1-13,15H,14H2;1-14H. The molecule has 19 aromatic rings. The Balaban J connectivity index is 0.000000120. The zero-order valence-electron chi connectivity index (χ0n) is 54.4. The molecule has 0 amide bonds. The SMILES string of the molecule is Brc1ccc(-c2nc(-c3ccccc3)nc(-c3ccccc3)n2)cc1.c1ccc(-c2nc(-c3ccccc3)nc(-c3ccc(-n4c5ccccc5c5ccc(-c6cccc7oc8ccccc8c67)cc54)cc3)n2)cc1.c1ccc2c(c1)Cc1cc(-c3cccc4oc5ccccc5c34)ccc1-2. The van der Waals surface area contributed by atoms with Crippen LogP contribution in [0.2, 0.25) is 0 Å². The highest BCUT2D eigenvalue weighted by molar-refractivity contribution is 9.10. The minimum absolute atomic E-state index is 0.634. The summed E-state index contributed by atoms with van der Waals surface area (Å²) < 4.78 is 15.7. The van der Waals surface area contributed by atoms with Crippen molar-refractivity contribution in [3.8, 4) is 107 Å². The molecule has 476 valence electrons. The minimum Gasteiger partial charge on any atom is -0.456 e. The number of rotatable bonds is 9. The third-order valence-corrected chi connectivity index (χ3v) is 19.3. The predicted octanol–water partition coefficient (Wildman–Crippen LogP) is 24.0. The zero-order chi connectivity index (χ0) is 67.2. The number of halogens is 1. The Hall–Kier alpha value is -13.0. The van der Waals surface area contributed by atoms with Crippen molar-refractivity contribution in [2.24, 2.45) is 0 Å². The zero-order valence-corrected chi connectivity index (χ0v) is 55.9. The van der Waals surface area contributed by atoms with E-state index in [0.717, 1.165) is 105 Å². The van der Waals surface area contributed by atoms with E-state index < -0.39 is 0 Å². The van der Waals surface area contributed by atoms with E-state index in [0.29, 0.717) is 34.9 Å². The van der Waals surface area contributed by atoms with Gasteiger partial charge in [-0.05, 0) is 124 Å². The topological polar surface area (TPSA) is 109 Å². The first kappa shape index (κ1) is 60.4. The quantitative estimate of drug-likeness (QED) is 0.141. The smallest absolute Gasteiger partial charge is 0.164 e. The van der Waals surface area contributed by atoms with Crippen molar-refractivity contribution in [1.82, 2.24) is 34.5 Å². The molecular weight excluding hydrogens is 1300 g/mol. The second-order valence-corrected chi connectivity index (χ2v) is 25.9. The fraction of sp³-hybridized carbons (Fsp3) is 0.0110. The van der Waals surface area contributed by atoms with E-state index in [-0.39, 0.29) is 0 Å². The molecule has 0 bridgehead atoms. The molecule has 0 unspecified atom stereocenters. The fourth-order valence-electron chi connectivity index (χ4n) is 14.0. The van der Waals surface area contributed by atoms with E-state index in [1.807, 2.05) is 176 Å². The Morgan fingerprint density at radius 3 is 1.11 bits per heavy atom. The van der Waals surface area contributed by atoms with Gasteiger partial charge in [-0.3, -0.25) is 0 Å². The van der Waals surface area contributed by atoms with Gasteiger partial charge in [-0.15, -0.1) is 0 Å². The molecule has 1 aliphatic rings. The molecule has 5 heterocycles. The monoisotopic (exact) mass is 1360 g/mol. The molecule has 5 aromatic heterocycles. The van der Waals surface area contributed by atoms with Crippen molar-refractivity contribution in [3.05, 3.63) is 355 Å². The van der Waals surface area contributed by atoms with Gasteiger partial charge in [-0.1, -0.05) is 283 Å². The lowest BCUT2D eigenvalue weighted by Crippen LogP contribution is -2.00. The maximum atomic E-state index is 6.24. The average Bonchev–Trinajstić information content (AvgIpc) is 1.60. The van der Waals surface area contributed by atoms with E-state index in [4.69, 9.17) is 33.8 Å². The lowest BCUT2D eigenvalue weighted by molar-refractivity contribution is 0.668. The molecule has 0 radical (unpaired) electrons. The second-order valence-electron chi connectivity index (χ2n) is 25.0. The largest absolute Gasteiger partial charge is 0.456 e. The molecule has 101 heavy (non-hydrogen) atoms. The predicted molar refractivity (Wildman–Crippen MR) is 414 cm³/mol.